The molecule has 5 nitrogen and oxygen atoms in total. The Kier molecular flexibility index (Phi) is 11.3. The second kappa shape index (κ2) is 16.2. The normalized spacial score (nSPS) is 13.4. The minimum absolute atomic E-state index is 0. The van der Waals surface area contributed by atoms with Crippen LogP contribution in [0.3, 0.4) is 0 Å². The molecule has 0 amide bonds. The molecule has 9 rings (SSSR count). The second-order valence-corrected chi connectivity index (χ2v) is 20.4. The van der Waals surface area contributed by atoms with Crippen LogP contribution >= 0.6 is 0 Å². The maximum Gasteiger partial charge on any atom is 0.135 e. The fourth-order valence-electron chi connectivity index (χ4n) is 8.52. The summed E-state index contributed by atoms with van der Waals surface area (Å²) in [5.74, 6) is 2.07. The van der Waals surface area contributed by atoms with Gasteiger partial charge in [0.25, 0.3) is 0 Å². The Labute approximate surface area is 389 Å². The van der Waals surface area contributed by atoms with E-state index in [-0.39, 0.29) is 42.7 Å². The zero-order valence-electron chi connectivity index (χ0n) is 38.4. The summed E-state index contributed by atoms with van der Waals surface area (Å²) in [5, 5.41) is 2.24. The van der Waals surface area contributed by atoms with Gasteiger partial charge in [0, 0.05) is 66.8 Å². The number of fused-ring (bicyclic) bond motifs is 4. The van der Waals surface area contributed by atoms with Crippen LogP contribution in [0.25, 0.3) is 27.6 Å². The topological polar surface area (TPSA) is 33.5 Å². The third kappa shape index (κ3) is 8.33. The van der Waals surface area contributed by atoms with Crippen LogP contribution in [0, 0.1) is 18.8 Å². The van der Waals surface area contributed by atoms with Gasteiger partial charge in [0.05, 0.1) is 0 Å². The molecule has 0 aliphatic carbocycles. The zero-order valence-corrected chi connectivity index (χ0v) is 40.6. The molecule has 0 bridgehead atoms. The molecule has 6 heteroatoms. The molecular weight excluding hydrogens is 952 g/mol. The summed E-state index contributed by atoms with van der Waals surface area (Å²) in [6.07, 6.45) is 1.90. The van der Waals surface area contributed by atoms with Gasteiger partial charge in [0.2, 0.25) is 0 Å². The Morgan fingerprint density at radius 1 is 0.508 bits per heavy atom. The van der Waals surface area contributed by atoms with E-state index in [9.17, 15) is 0 Å². The molecule has 324 valence electrons. The van der Waals surface area contributed by atoms with E-state index in [0.29, 0.717) is 11.5 Å². The number of hydrogen-bond acceptors (Lipinski definition) is 4. The number of para-hydroxylation sites is 1. The zero-order chi connectivity index (χ0) is 43.8. The number of pyridine rings is 1. The predicted molar refractivity (Wildman–Crippen MR) is 259 cm³/mol. The number of aromatic nitrogens is 2. The van der Waals surface area contributed by atoms with Crippen molar-refractivity contribution in [3.8, 4) is 17.3 Å². The van der Waals surface area contributed by atoms with Gasteiger partial charge in [0.1, 0.15) is 5.82 Å². The van der Waals surface area contributed by atoms with Gasteiger partial charge in [0.15, 0.2) is 0 Å². The first-order chi connectivity index (χ1) is 29.4. The molecule has 0 fully saturated rings. The molecule has 0 radical (unpaired) electrons. The predicted octanol–water partition coefficient (Wildman–Crippen LogP) is 15.2. The Morgan fingerprint density at radius 2 is 1.17 bits per heavy atom. The summed E-state index contributed by atoms with van der Waals surface area (Å²) < 4.78 is 8.86. The molecular formula is C57H57N4OPt-3. The Balaban J connectivity index is 0.00000544. The van der Waals surface area contributed by atoms with Crippen LogP contribution in [0.2, 0.25) is 0 Å². The largest absolute Gasteiger partial charge is 0.509 e. The molecule has 0 unspecified atom stereocenters. The van der Waals surface area contributed by atoms with Crippen LogP contribution in [0.15, 0.2) is 140 Å². The van der Waals surface area contributed by atoms with Gasteiger partial charge in [-0.2, -0.15) is 12.1 Å². The molecule has 6 aromatic carbocycles. The average Bonchev–Trinajstić information content (AvgIpc) is 3.79. The van der Waals surface area contributed by atoms with Crippen molar-refractivity contribution in [2.75, 3.05) is 9.80 Å². The number of hydrogen-bond donors (Lipinski definition) is 0. The summed E-state index contributed by atoms with van der Waals surface area (Å²) in [6.45, 7) is 27.3. The molecule has 0 saturated carbocycles. The number of nitrogens with zero attached hydrogens (tertiary/aromatic N) is 4. The van der Waals surface area contributed by atoms with Gasteiger partial charge in [-0.1, -0.05) is 142 Å². The van der Waals surface area contributed by atoms with Crippen LogP contribution < -0.4 is 14.5 Å². The van der Waals surface area contributed by atoms with Crippen LogP contribution in [0.5, 0.6) is 11.5 Å². The van der Waals surface area contributed by atoms with E-state index >= 15 is 0 Å². The van der Waals surface area contributed by atoms with E-state index < -0.39 is 0 Å². The van der Waals surface area contributed by atoms with Crippen molar-refractivity contribution in [1.82, 2.24) is 9.55 Å². The van der Waals surface area contributed by atoms with Gasteiger partial charge in [-0.05, 0) is 91.9 Å². The monoisotopic (exact) mass is 1010 g/mol. The van der Waals surface area contributed by atoms with Crippen LogP contribution in [0.1, 0.15) is 104 Å². The number of benzene rings is 6. The first-order valence-electron chi connectivity index (χ1n) is 21.8. The van der Waals surface area contributed by atoms with E-state index in [1.54, 1.807) is 0 Å². The van der Waals surface area contributed by atoms with Crippen molar-refractivity contribution in [3.05, 3.63) is 186 Å². The Bertz CT molecular complexity index is 2960. The van der Waals surface area contributed by atoms with E-state index in [1.165, 1.54) is 27.8 Å². The van der Waals surface area contributed by atoms with Gasteiger partial charge >= 0.3 is 0 Å². The third-order valence-corrected chi connectivity index (χ3v) is 12.5. The van der Waals surface area contributed by atoms with Crippen molar-refractivity contribution in [3.63, 3.8) is 0 Å². The van der Waals surface area contributed by atoms with Crippen molar-refractivity contribution in [2.45, 2.75) is 97.8 Å². The average molecular weight is 1010 g/mol. The summed E-state index contributed by atoms with van der Waals surface area (Å²) in [7, 11) is 0. The molecule has 2 aromatic heterocycles. The minimum atomic E-state index is -0.215. The summed E-state index contributed by atoms with van der Waals surface area (Å²) in [4.78, 5) is 9.45. The third-order valence-electron chi connectivity index (χ3n) is 12.5. The molecule has 1 aliphatic heterocycles. The molecule has 1 aliphatic rings. The molecule has 3 heterocycles. The van der Waals surface area contributed by atoms with E-state index in [0.717, 1.165) is 50.4 Å². The summed E-state index contributed by atoms with van der Waals surface area (Å²) in [5.41, 5.74) is 12.2. The fourth-order valence-corrected chi connectivity index (χ4v) is 8.52. The maximum absolute atomic E-state index is 6.66. The van der Waals surface area contributed by atoms with Gasteiger partial charge in [-0.3, -0.25) is 0 Å². The van der Waals surface area contributed by atoms with E-state index in [1.807, 2.05) is 24.4 Å². The number of anilines is 4. The van der Waals surface area contributed by atoms with Crippen molar-refractivity contribution >= 4 is 44.6 Å². The molecule has 0 N–H and O–H groups in total. The van der Waals surface area contributed by atoms with Crippen molar-refractivity contribution in [2.24, 2.45) is 0 Å². The van der Waals surface area contributed by atoms with E-state index in [4.69, 9.17) is 9.72 Å². The van der Waals surface area contributed by atoms with E-state index in [2.05, 4.69) is 225 Å². The first kappa shape index (κ1) is 44.0. The molecule has 8 aromatic rings. The van der Waals surface area contributed by atoms with Crippen LogP contribution in [-0.2, 0) is 42.7 Å². The Morgan fingerprint density at radius 3 is 1.90 bits per heavy atom. The quantitative estimate of drug-likeness (QED) is 0.149. The van der Waals surface area contributed by atoms with Gasteiger partial charge in [-0.15, -0.1) is 48.1 Å². The SMILES string of the molecule is CC(C)(C)c1cc(N2[CH-]N(c3[c-]c(Oc4[c-]c5c(cc4)c4ccccc4n5-c4cc(C(C)(C)C)ccn4)ccc3)c3ccc(C(C)(C)C)cc32)cc(C(C)(C)c2ccccc2)c1.[Pt]. The second-order valence-electron chi connectivity index (χ2n) is 20.4. The fraction of sp³-hybridized carbons (Fsp3) is 0.263. The Hall–Kier alpha value is -5.64. The summed E-state index contributed by atoms with van der Waals surface area (Å²) >= 11 is 0. The first-order valence-corrected chi connectivity index (χ1v) is 21.8. The summed E-state index contributed by atoms with van der Waals surface area (Å²) in [6, 6.07) is 55.1. The molecule has 63 heavy (non-hydrogen) atoms. The van der Waals surface area contributed by atoms with Crippen LogP contribution in [-0.4, -0.2) is 9.55 Å². The minimum Gasteiger partial charge on any atom is -0.509 e. The molecule has 0 atom stereocenters. The van der Waals surface area contributed by atoms with Crippen LogP contribution in [0.4, 0.5) is 22.7 Å². The number of rotatable bonds is 7. The molecule has 0 saturated heterocycles. The smallest absolute Gasteiger partial charge is 0.135 e. The number of ether oxygens (including phenoxy) is 1. The van der Waals surface area contributed by atoms with Crippen molar-refractivity contribution < 1.29 is 25.8 Å². The van der Waals surface area contributed by atoms with Gasteiger partial charge < -0.3 is 19.1 Å². The standard InChI is InChI=1S/C57H57N4O.Pt/c1-54(2,3)39-24-27-50-52(33-39)60(44-31-41(56(7,8)9)30-42(32-44)57(10,11)38-18-13-12-14-19-38)37-59(50)43-20-17-21-45(35-43)62-46-25-26-48-47-22-15-16-23-49(47)61(51(48)36-46)53-34-40(28-29-58-53)55(4,5)6;/h12-34,37H,1-11H3;/q-3;. The van der Waals surface area contributed by atoms with Gasteiger partial charge in [-0.25, -0.2) is 4.98 Å². The van der Waals surface area contributed by atoms with Crippen molar-refractivity contribution in [1.29, 1.82) is 0 Å². The maximum atomic E-state index is 6.66. The molecule has 0 spiro atoms.